The zero-order chi connectivity index (χ0) is 15.4. The second-order valence-electron chi connectivity index (χ2n) is 4.44. The number of carbonyl (C=O) groups excluding carboxylic acids is 2. The van der Waals surface area contributed by atoms with Crippen LogP contribution in [0.15, 0.2) is 42.5 Å². The van der Waals surface area contributed by atoms with Crippen molar-refractivity contribution in [3.63, 3.8) is 0 Å². The van der Waals surface area contributed by atoms with E-state index < -0.39 is 17.6 Å². The van der Waals surface area contributed by atoms with Gasteiger partial charge in [0.05, 0.1) is 5.69 Å². The molecule has 0 radical (unpaired) electrons. The maximum atomic E-state index is 13.0. The number of aryl methyl sites for hydroxylation is 1. The molecule has 0 heterocycles. The number of phenolic OH excluding ortho intramolecular Hbond substituents is 1. The van der Waals surface area contributed by atoms with E-state index >= 15 is 0 Å². The SMILES string of the molecule is Cc1ccc(NC(=O)C(=O)Nc2cccc(F)c2)c(O)c1. The first-order valence-corrected chi connectivity index (χ1v) is 6.13. The number of hydrogen-bond donors (Lipinski definition) is 3. The van der Waals surface area contributed by atoms with Gasteiger partial charge in [-0.2, -0.15) is 0 Å². The summed E-state index contributed by atoms with van der Waals surface area (Å²) in [6, 6.07) is 9.80. The fraction of sp³-hybridized carbons (Fsp3) is 0.0667. The fourth-order valence-corrected chi connectivity index (χ4v) is 1.68. The lowest BCUT2D eigenvalue weighted by atomic mass is 10.2. The smallest absolute Gasteiger partial charge is 0.314 e. The molecule has 0 unspecified atom stereocenters. The van der Waals surface area contributed by atoms with E-state index in [1.165, 1.54) is 30.3 Å². The Labute approximate surface area is 120 Å². The molecule has 3 N–H and O–H groups in total. The first kappa shape index (κ1) is 14.5. The zero-order valence-corrected chi connectivity index (χ0v) is 11.2. The molecule has 21 heavy (non-hydrogen) atoms. The average molecular weight is 288 g/mol. The molecular formula is C15H13FN2O3. The van der Waals surface area contributed by atoms with Crippen LogP contribution < -0.4 is 10.6 Å². The summed E-state index contributed by atoms with van der Waals surface area (Å²) in [5.41, 5.74) is 1.11. The number of aromatic hydroxyl groups is 1. The highest BCUT2D eigenvalue weighted by Crippen LogP contribution is 2.23. The van der Waals surface area contributed by atoms with Gasteiger partial charge < -0.3 is 15.7 Å². The highest BCUT2D eigenvalue weighted by atomic mass is 19.1. The molecule has 0 bridgehead atoms. The molecule has 0 saturated heterocycles. The van der Waals surface area contributed by atoms with Gasteiger partial charge in [-0.15, -0.1) is 0 Å². The summed E-state index contributed by atoms with van der Waals surface area (Å²) < 4.78 is 13.0. The van der Waals surface area contributed by atoms with Crippen molar-refractivity contribution in [2.75, 3.05) is 10.6 Å². The maximum absolute atomic E-state index is 13.0. The molecule has 0 fully saturated rings. The Kier molecular flexibility index (Phi) is 4.18. The summed E-state index contributed by atoms with van der Waals surface area (Å²) >= 11 is 0. The minimum Gasteiger partial charge on any atom is -0.506 e. The lowest BCUT2D eigenvalue weighted by Gasteiger charge is -2.08. The van der Waals surface area contributed by atoms with E-state index in [0.29, 0.717) is 0 Å². The number of benzene rings is 2. The van der Waals surface area contributed by atoms with Crippen molar-refractivity contribution in [2.24, 2.45) is 0 Å². The van der Waals surface area contributed by atoms with Crippen LogP contribution in [-0.2, 0) is 9.59 Å². The van der Waals surface area contributed by atoms with Crippen molar-refractivity contribution in [2.45, 2.75) is 6.92 Å². The summed E-state index contributed by atoms with van der Waals surface area (Å²) in [6.45, 7) is 1.78. The molecule has 108 valence electrons. The zero-order valence-electron chi connectivity index (χ0n) is 11.2. The van der Waals surface area contributed by atoms with Crippen LogP contribution in [0.3, 0.4) is 0 Å². The Morgan fingerprint density at radius 3 is 2.43 bits per heavy atom. The number of phenols is 1. The lowest BCUT2D eigenvalue weighted by molar-refractivity contribution is -0.133. The molecule has 0 aliphatic carbocycles. The van der Waals surface area contributed by atoms with Gasteiger partial charge in [0, 0.05) is 5.69 Å². The van der Waals surface area contributed by atoms with Crippen LogP contribution in [0, 0.1) is 12.7 Å². The Hall–Kier alpha value is -2.89. The van der Waals surface area contributed by atoms with Crippen molar-refractivity contribution < 1.29 is 19.1 Å². The molecule has 0 aromatic heterocycles. The highest BCUT2D eigenvalue weighted by Gasteiger charge is 2.15. The van der Waals surface area contributed by atoms with E-state index in [1.807, 2.05) is 0 Å². The second kappa shape index (κ2) is 6.04. The molecule has 2 aromatic rings. The maximum Gasteiger partial charge on any atom is 0.314 e. The standard InChI is InChI=1S/C15H13FN2O3/c1-9-5-6-12(13(19)7-9)18-15(21)14(20)17-11-4-2-3-10(16)8-11/h2-8,19H,1H3,(H,17,20)(H,18,21). The normalized spacial score (nSPS) is 10.0. The quantitative estimate of drug-likeness (QED) is 0.586. The molecule has 0 spiro atoms. The molecular weight excluding hydrogens is 275 g/mol. The third-order valence-electron chi connectivity index (χ3n) is 2.69. The van der Waals surface area contributed by atoms with Crippen LogP contribution in [0.2, 0.25) is 0 Å². The summed E-state index contributed by atoms with van der Waals surface area (Å²) in [5, 5.41) is 14.2. The van der Waals surface area contributed by atoms with Gasteiger partial charge in [-0.1, -0.05) is 12.1 Å². The summed E-state index contributed by atoms with van der Waals surface area (Å²) in [6.07, 6.45) is 0. The largest absolute Gasteiger partial charge is 0.506 e. The van der Waals surface area contributed by atoms with Crippen molar-refractivity contribution in [3.8, 4) is 5.75 Å². The number of amides is 2. The Bertz CT molecular complexity index is 701. The monoisotopic (exact) mass is 288 g/mol. The Morgan fingerprint density at radius 2 is 1.76 bits per heavy atom. The van der Waals surface area contributed by atoms with Crippen molar-refractivity contribution in [3.05, 3.63) is 53.8 Å². The van der Waals surface area contributed by atoms with Crippen LogP contribution in [0.25, 0.3) is 0 Å². The van der Waals surface area contributed by atoms with E-state index in [9.17, 15) is 19.1 Å². The molecule has 0 atom stereocenters. The Morgan fingerprint density at radius 1 is 1.05 bits per heavy atom. The van der Waals surface area contributed by atoms with Gasteiger partial charge in [0.25, 0.3) is 0 Å². The van der Waals surface area contributed by atoms with Crippen molar-refractivity contribution >= 4 is 23.2 Å². The second-order valence-corrected chi connectivity index (χ2v) is 4.44. The molecule has 2 aromatic carbocycles. The van der Waals surface area contributed by atoms with Gasteiger partial charge >= 0.3 is 11.8 Å². The van der Waals surface area contributed by atoms with Crippen LogP contribution >= 0.6 is 0 Å². The molecule has 0 aliphatic heterocycles. The lowest BCUT2D eigenvalue weighted by Crippen LogP contribution is -2.29. The van der Waals surface area contributed by atoms with Crippen molar-refractivity contribution in [1.29, 1.82) is 0 Å². The third-order valence-corrected chi connectivity index (χ3v) is 2.69. The van der Waals surface area contributed by atoms with E-state index in [4.69, 9.17) is 0 Å². The van der Waals surface area contributed by atoms with Crippen LogP contribution in [0.5, 0.6) is 5.75 Å². The number of rotatable bonds is 2. The molecule has 2 rings (SSSR count). The van der Waals surface area contributed by atoms with Gasteiger partial charge in [-0.05, 0) is 42.8 Å². The van der Waals surface area contributed by atoms with Crippen LogP contribution in [0.1, 0.15) is 5.56 Å². The predicted octanol–water partition coefficient (Wildman–Crippen LogP) is 2.42. The average Bonchev–Trinajstić information content (AvgIpc) is 2.41. The molecule has 2 amide bonds. The van der Waals surface area contributed by atoms with Gasteiger partial charge in [0.2, 0.25) is 0 Å². The van der Waals surface area contributed by atoms with Crippen molar-refractivity contribution in [1.82, 2.24) is 0 Å². The number of carbonyl (C=O) groups is 2. The number of halogens is 1. The topological polar surface area (TPSA) is 78.4 Å². The van der Waals surface area contributed by atoms with Gasteiger partial charge in [0.15, 0.2) is 0 Å². The first-order valence-electron chi connectivity index (χ1n) is 6.13. The molecule has 0 saturated carbocycles. The molecule has 0 aliphatic rings. The number of nitrogens with one attached hydrogen (secondary N) is 2. The van der Waals surface area contributed by atoms with Crippen LogP contribution in [-0.4, -0.2) is 16.9 Å². The molecule has 6 heteroatoms. The van der Waals surface area contributed by atoms with Gasteiger partial charge in [-0.3, -0.25) is 9.59 Å². The highest BCUT2D eigenvalue weighted by molar-refractivity contribution is 6.43. The summed E-state index contributed by atoms with van der Waals surface area (Å²) in [4.78, 5) is 23.4. The Balaban J connectivity index is 2.04. The van der Waals surface area contributed by atoms with Gasteiger partial charge in [-0.25, -0.2) is 4.39 Å². The minimum absolute atomic E-state index is 0.125. The minimum atomic E-state index is -0.960. The van der Waals surface area contributed by atoms with Gasteiger partial charge in [0.1, 0.15) is 11.6 Å². The van der Waals surface area contributed by atoms with Crippen LogP contribution in [0.4, 0.5) is 15.8 Å². The van der Waals surface area contributed by atoms with E-state index in [1.54, 1.807) is 13.0 Å². The predicted molar refractivity (Wildman–Crippen MR) is 76.5 cm³/mol. The number of hydrogen-bond acceptors (Lipinski definition) is 3. The summed E-state index contributed by atoms with van der Waals surface area (Å²) in [5.74, 6) is -2.58. The molecule has 5 nitrogen and oxygen atoms in total. The summed E-state index contributed by atoms with van der Waals surface area (Å²) in [7, 11) is 0. The number of anilines is 2. The van der Waals surface area contributed by atoms with E-state index in [-0.39, 0.29) is 17.1 Å². The fourth-order valence-electron chi connectivity index (χ4n) is 1.68. The first-order chi connectivity index (χ1) is 9.95. The third kappa shape index (κ3) is 3.79. The van der Waals surface area contributed by atoms with E-state index in [2.05, 4.69) is 10.6 Å². The van der Waals surface area contributed by atoms with E-state index in [0.717, 1.165) is 11.6 Å².